The first-order valence-corrected chi connectivity index (χ1v) is 4.93. The van der Waals surface area contributed by atoms with Crippen molar-refractivity contribution in [3.63, 3.8) is 0 Å². The number of hydrogen-bond donors (Lipinski definition) is 2. The monoisotopic (exact) mass is 195 g/mol. The topological polar surface area (TPSA) is 58.0 Å². The lowest BCUT2D eigenvalue weighted by molar-refractivity contribution is 0.229. The molecule has 0 aliphatic carbocycles. The number of aliphatic hydroxyl groups excluding tert-OH is 1. The van der Waals surface area contributed by atoms with Gasteiger partial charge in [0, 0.05) is 25.5 Å². The Kier molecular flexibility index (Phi) is 4.93. The Morgan fingerprint density at radius 2 is 2.36 bits per heavy atom. The summed E-state index contributed by atoms with van der Waals surface area (Å²) in [5.41, 5.74) is 0. The van der Waals surface area contributed by atoms with Crippen LogP contribution in [0, 0.1) is 5.92 Å². The number of aromatic nitrogens is 2. The van der Waals surface area contributed by atoms with E-state index in [9.17, 15) is 0 Å². The van der Waals surface area contributed by atoms with Crippen molar-refractivity contribution in [3.8, 4) is 0 Å². The molecule has 1 rings (SSSR count). The molecule has 14 heavy (non-hydrogen) atoms. The first-order chi connectivity index (χ1) is 6.83. The lowest BCUT2D eigenvalue weighted by Crippen LogP contribution is -2.07. The van der Waals surface area contributed by atoms with Gasteiger partial charge in [-0.25, -0.2) is 4.98 Å². The van der Waals surface area contributed by atoms with Crippen LogP contribution in [0.5, 0.6) is 0 Å². The Morgan fingerprint density at radius 1 is 1.50 bits per heavy atom. The fourth-order valence-corrected chi connectivity index (χ4v) is 1.15. The van der Waals surface area contributed by atoms with Gasteiger partial charge in [-0.1, -0.05) is 6.92 Å². The molecule has 0 spiro atoms. The van der Waals surface area contributed by atoms with E-state index in [1.165, 1.54) is 0 Å². The molecule has 0 fully saturated rings. The SMILES string of the molecule is CC(CO)CCCNc1cnccn1. The summed E-state index contributed by atoms with van der Waals surface area (Å²) in [7, 11) is 0. The van der Waals surface area contributed by atoms with Crippen molar-refractivity contribution >= 4 is 5.82 Å². The number of aliphatic hydroxyl groups is 1. The molecule has 1 aromatic heterocycles. The van der Waals surface area contributed by atoms with Gasteiger partial charge >= 0.3 is 0 Å². The van der Waals surface area contributed by atoms with Crippen molar-refractivity contribution in [3.05, 3.63) is 18.6 Å². The van der Waals surface area contributed by atoms with E-state index in [0.29, 0.717) is 5.92 Å². The van der Waals surface area contributed by atoms with Gasteiger partial charge in [0.15, 0.2) is 0 Å². The predicted molar refractivity (Wildman–Crippen MR) is 56.0 cm³/mol. The molecule has 0 aliphatic heterocycles. The van der Waals surface area contributed by atoms with Gasteiger partial charge < -0.3 is 10.4 Å². The van der Waals surface area contributed by atoms with E-state index < -0.39 is 0 Å². The zero-order valence-electron chi connectivity index (χ0n) is 8.48. The van der Waals surface area contributed by atoms with Crippen LogP contribution < -0.4 is 5.32 Å². The summed E-state index contributed by atoms with van der Waals surface area (Å²) in [6, 6.07) is 0. The Labute approximate surface area is 84.4 Å². The van der Waals surface area contributed by atoms with Crippen LogP contribution >= 0.6 is 0 Å². The average Bonchev–Trinajstić information content (AvgIpc) is 2.25. The van der Waals surface area contributed by atoms with Crippen molar-refractivity contribution in [2.75, 3.05) is 18.5 Å². The highest BCUT2D eigenvalue weighted by molar-refractivity contribution is 5.29. The maximum absolute atomic E-state index is 8.81. The normalized spacial score (nSPS) is 12.4. The van der Waals surface area contributed by atoms with Gasteiger partial charge in [-0.2, -0.15) is 0 Å². The number of nitrogens with one attached hydrogen (secondary N) is 1. The van der Waals surface area contributed by atoms with Gasteiger partial charge in [0.1, 0.15) is 5.82 Å². The first-order valence-electron chi connectivity index (χ1n) is 4.93. The molecule has 1 heterocycles. The van der Waals surface area contributed by atoms with Gasteiger partial charge in [-0.15, -0.1) is 0 Å². The molecule has 0 radical (unpaired) electrons. The molecule has 4 heteroatoms. The fourth-order valence-electron chi connectivity index (χ4n) is 1.15. The van der Waals surface area contributed by atoms with Crippen LogP contribution in [0.15, 0.2) is 18.6 Å². The molecule has 0 saturated heterocycles. The molecule has 1 unspecified atom stereocenters. The smallest absolute Gasteiger partial charge is 0.144 e. The molecule has 2 N–H and O–H groups in total. The lowest BCUT2D eigenvalue weighted by atomic mass is 10.1. The fraction of sp³-hybridized carbons (Fsp3) is 0.600. The van der Waals surface area contributed by atoms with E-state index in [1.807, 2.05) is 6.92 Å². The maximum atomic E-state index is 8.81. The second kappa shape index (κ2) is 6.32. The van der Waals surface area contributed by atoms with E-state index in [0.717, 1.165) is 25.2 Å². The Morgan fingerprint density at radius 3 is 3.00 bits per heavy atom. The van der Waals surface area contributed by atoms with Crippen LogP contribution in [-0.2, 0) is 0 Å². The van der Waals surface area contributed by atoms with E-state index in [1.54, 1.807) is 18.6 Å². The second-order valence-electron chi connectivity index (χ2n) is 3.45. The van der Waals surface area contributed by atoms with E-state index in [-0.39, 0.29) is 6.61 Å². The molecular formula is C10H17N3O. The lowest BCUT2D eigenvalue weighted by Gasteiger charge is -2.08. The highest BCUT2D eigenvalue weighted by atomic mass is 16.3. The van der Waals surface area contributed by atoms with Crippen LogP contribution in [0.1, 0.15) is 19.8 Å². The minimum atomic E-state index is 0.269. The molecule has 1 aromatic rings. The molecule has 0 bridgehead atoms. The molecule has 0 aliphatic rings. The maximum Gasteiger partial charge on any atom is 0.144 e. The van der Waals surface area contributed by atoms with Crippen LogP contribution in [-0.4, -0.2) is 28.2 Å². The number of rotatable bonds is 6. The highest BCUT2D eigenvalue weighted by Gasteiger charge is 1.99. The van der Waals surface area contributed by atoms with E-state index in [2.05, 4.69) is 15.3 Å². The average molecular weight is 195 g/mol. The van der Waals surface area contributed by atoms with Gasteiger partial charge in [0.2, 0.25) is 0 Å². The predicted octanol–water partition coefficient (Wildman–Crippen LogP) is 1.30. The van der Waals surface area contributed by atoms with Crippen molar-refractivity contribution < 1.29 is 5.11 Å². The zero-order valence-corrected chi connectivity index (χ0v) is 8.48. The molecule has 1 atom stereocenters. The molecule has 0 aromatic carbocycles. The van der Waals surface area contributed by atoms with Gasteiger partial charge in [0.05, 0.1) is 6.20 Å². The highest BCUT2D eigenvalue weighted by Crippen LogP contribution is 2.04. The van der Waals surface area contributed by atoms with Gasteiger partial charge in [0.25, 0.3) is 0 Å². The largest absolute Gasteiger partial charge is 0.396 e. The van der Waals surface area contributed by atoms with Crippen molar-refractivity contribution in [1.82, 2.24) is 9.97 Å². The first kappa shape index (κ1) is 10.9. The van der Waals surface area contributed by atoms with Crippen LogP contribution in [0.2, 0.25) is 0 Å². The number of nitrogens with zero attached hydrogens (tertiary/aromatic N) is 2. The summed E-state index contributed by atoms with van der Waals surface area (Å²) < 4.78 is 0. The summed E-state index contributed by atoms with van der Waals surface area (Å²) >= 11 is 0. The van der Waals surface area contributed by atoms with Crippen LogP contribution in [0.25, 0.3) is 0 Å². The second-order valence-corrected chi connectivity index (χ2v) is 3.45. The number of anilines is 1. The number of hydrogen-bond acceptors (Lipinski definition) is 4. The Hall–Kier alpha value is -1.16. The minimum absolute atomic E-state index is 0.269. The van der Waals surface area contributed by atoms with E-state index in [4.69, 9.17) is 5.11 Å². The van der Waals surface area contributed by atoms with Crippen molar-refractivity contribution in [1.29, 1.82) is 0 Å². The summed E-state index contributed by atoms with van der Waals surface area (Å²) in [4.78, 5) is 8.04. The Balaban J connectivity index is 2.10. The van der Waals surface area contributed by atoms with Gasteiger partial charge in [-0.3, -0.25) is 4.98 Å². The third-order valence-electron chi connectivity index (χ3n) is 2.05. The van der Waals surface area contributed by atoms with E-state index >= 15 is 0 Å². The molecule has 78 valence electrons. The zero-order chi connectivity index (χ0) is 10.2. The van der Waals surface area contributed by atoms with Crippen molar-refractivity contribution in [2.45, 2.75) is 19.8 Å². The molecule has 0 saturated carbocycles. The molecular weight excluding hydrogens is 178 g/mol. The van der Waals surface area contributed by atoms with Crippen molar-refractivity contribution in [2.24, 2.45) is 5.92 Å². The standard InChI is InChI=1S/C10H17N3O/c1-9(8-14)3-2-4-12-10-7-11-5-6-13-10/h5-7,9,14H,2-4,8H2,1H3,(H,12,13). The molecule has 4 nitrogen and oxygen atoms in total. The summed E-state index contributed by atoms with van der Waals surface area (Å²) in [6.07, 6.45) is 7.09. The van der Waals surface area contributed by atoms with Crippen LogP contribution in [0.4, 0.5) is 5.82 Å². The molecule has 0 amide bonds. The Bertz CT molecular complexity index is 240. The third kappa shape index (κ3) is 4.18. The minimum Gasteiger partial charge on any atom is -0.396 e. The third-order valence-corrected chi connectivity index (χ3v) is 2.05. The van der Waals surface area contributed by atoms with Crippen LogP contribution in [0.3, 0.4) is 0 Å². The summed E-state index contributed by atoms with van der Waals surface area (Å²) in [5, 5.41) is 12.0. The quantitative estimate of drug-likeness (QED) is 0.672. The van der Waals surface area contributed by atoms with Gasteiger partial charge in [-0.05, 0) is 18.8 Å². The summed E-state index contributed by atoms with van der Waals surface area (Å²) in [5.74, 6) is 1.20. The summed E-state index contributed by atoms with van der Waals surface area (Å²) in [6.45, 7) is 3.19.